The Balaban J connectivity index is 1.88. The molecule has 24 heavy (non-hydrogen) atoms. The van der Waals surface area contributed by atoms with E-state index < -0.39 is 6.10 Å². The Morgan fingerprint density at radius 3 is 2.67 bits per heavy atom. The molecular weight excluding hydrogens is 394 g/mol. The third kappa shape index (κ3) is 4.86. The van der Waals surface area contributed by atoms with E-state index in [1.165, 1.54) is 0 Å². The summed E-state index contributed by atoms with van der Waals surface area (Å²) < 4.78 is 11.5. The molecule has 0 bridgehead atoms. The van der Waals surface area contributed by atoms with Crippen LogP contribution in [0.25, 0.3) is 0 Å². The van der Waals surface area contributed by atoms with Gasteiger partial charge < -0.3 is 19.9 Å². The van der Waals surface area contributed by atoms with E-state index in [9.17, 15) is 5.11 Å². The van der Waals surface area contributed by atoms with E-state index in [0.29, 0.717) is 29.6 Å². The molecule has 2 aromatic rings. The summed E-state index contributed by atoms with van der Waals surface area (Å²) in [7, 11) is 3.15. The highest BCUT2D eigenvalue weighted by Gasteiger charge is 2.13. The normalized spacial score (nSPS) is 12.0. The molecule has 0 aliphatic heterocycles. The molecule has 0 aliphatic carbocycles. The summed E-state index contributed by atoms with van der Waals surface area (Å²) in [5.41, 5.74) is 1.85. The summed E-state index contributed by atoms with van der Waals surface area (Å²) in [6, 6.07) is 11.4. The van der Waals surface area contributed by atoms with Crippen molar-refractivity contribution >= 4 is 27.5 Å². The topological polar surface area (TPSA) is 50.7 Å². The van der Waals surface area contributed by atoms with Gasteiger partial charge in [0.15, 0.2) is 11.5 Å². The Kier molecular flexibility index (Phi) is 7.37. The summed E-state index contributed by atoms with van der Waals surface area (Å²) in [5, 5.41) is 14.0. The van der Waals surface area contributed by atoms with Gasteiger partial charge in [0.05, 0.1) is 25.3 Å². The first-order valence-electron chi connectivity index (χ1n) is 7.60. The number of benzene rings is 2. The van der Waals surface area contributed by atoms with Gasteiger partial charge in [-0.2, -0.15) is 0 Å². The summed E-state index contributed by atoms with van der Waals surface area (Å²) >= 11 is 9.77. The van der Waals surface area contributed by atoms with Gasteiger partial charge in [-0.25, -0.2) is 0 Å². The molecule has 0 amide bonds. The average Bonchev–Trinajstić information content (AvgIpc) is 2.59. The predicted octanol–water partition coefficient (Wildman–Crippen LogP) is 3.99. The highest BCUT2D eigenvalue weighted by molar-refractivity contribution is 9.10. The van der Waals surface area contributed by atoms with Gasteiger partial charge in [0.2, 0.25) is 0 Å². The Morgan fingerprint density at radius 1 is 1.21 bits per heavy atom. The van der Waals surface area contributed by atoms with Gasteiger partial charge in [-0.05, 0) is 42.3 Å². The Hall–Kier alpha value is -1.27. The predicted molar refractivity (Wildman–Crippen MR) is 100 cm³/mol. The molecule has 0 aliphatic rings. The van der Waals surface area contributed by atoms with Gasteiger partial charge in [0, 0.05) is 11.0 Å². The molecule has 0 heterocycles. The van der Waals surface area contributed by atoms with E-state index in [4.69, 9.17) is 21.1 Å². The number of methoxy groups -OCH3 is 2. The van der Waals surface area contributed by atoms with E-state index >= 15 is 0 Å². The summed E-state index contributed by atoms with van der Waals surface area (Å²) in [5.74, 6) is 1.16. The smallest absolute Gasteiger partial charge is 0.179 e. The lowest BCUT2D eigenvalue weighted by molar-refractivity contribution is 0.175. The van der Waals surface area contributed by atoms with Crippen LogP contribution in [0.1, 0.15) is 17.2 Å². The maximum absolute atomic E-state index is 10.2. The average molecular weight is 415 g/mol. The maximum Gasteiger partial charge on any atom is 0.179 e. The van der Waals surface area contributed by atoms with Crippen molar-refractivity contribution in [2.75, 3.05) is 27.3 Å². The molecule has 0 spiro atoms. The van der Waals surface area contributed by atoms with Gasteiger partial charge in [0.25, 0.3) is 0 Å². The van der Waals surface area contributed by atoms with Gasteiger partial charge >= 0.3 is 0 Å². The molecule has 4 nitrogen and oxygen atoms in total. The lowest BCUT2D eigenvalue weighted by Crippen LogP contribution is -2.23. The molecule has 1 atom stereocenters. The summed E-state index contributed by atoms with van der Waals surface area (Å²) in [6.07, 6.45) is 0.174. The van der Waals surface area contributed by atoms with E-state index in [-0.39, 0.29) is 0 Å². The quantitative estimate of drug-likeness (QED) is 0.641. The molecule has 0 saturated heterocycles. The Bertz CT molecular complexity index is 681. The van der Waals surface area contributed by atoms with Crippen molar-refractivity contribution in [3.05, 3.63) is 57.0 Å². The number of ether oxygens (including phenoxy) is 2. The SMILES string of the molecule is COc1ccc(CCNC[C@H](O)c2cccc(Br)c2)c(Cl)c1OC. The fourth-order valence-corrected chi connectivity index (χ4v) is 3.16. The Morgan fingerprint density at radius 2 is 2.00 bits per heavy atom. The minimum atomic E-state index is -0.552. The second-order valence-corrected chi connectivity index (χ2v) is 6.59. The van der Waals surface area contributed by atoms with Crippen molar-refractivity contribution in [3.8, 4) is 11.5 Å². The monoisotopic (exact) mass is 413 g/mol. The number of hydrogen-bond donors (Lipinski definition) is 2. The van der Waals surface area contributed by atoms with Crippen LogP contribution in [-0.2, 0) is 6.42 Å². The standard InChI is InChI=1S/C18H21BrClNO3/c1-23-16-7-6-12(17(20)18(16)24-2)8-9-21-11-15(22)13-4-3-5-14(19)10-13/h3-7,10,15,21-22H,8-9,11H2,1-2H3/t15-/m0/s1. The van der Waals surface area contributed by atoms with Crippen LogP contribution in [0.5, 0.6) is 11.5 Å². The molecule has 2 rings (SSSR count). The number of hydrogen-bond acceptors (Lipinski definition) is 4. The zero-order valence-corrected chi connectivity index (χ0v) is 16.0. The third-order valence-corrected chi connectivity index (χ3v) is 4.61. The van der Waals surface area contributed by atoms with E-state index in [0.717, 1.165) is 22.0 Å². The van der Waals surface area contributed by atoms with Crippen LogP contribution in [-0.4, -0.2) is 32.4 Å². The zero-order valence-electron chi connectivity index (χ0n) is 13.7. The lowest BCUT2D eigenvalue weighted by atomic mass is 10.1. The molecule has 2 aromatic carbocycles. The molecule has 0 fully saturated rings. The van der Waals surface area contributed by atoms with Crippen molar-refractivity contribution < 1.29 is 14.6 Å². The largest absolute Gasteiger partial charge is 0.493 e. The highest BCUT2D eigenvalue weighted by atomic mass is 79.9. The Labute approximate surface area is 155 Å². The van der Waals surface area contributed by atoms with Crippen molar-refractivity contribution in [2.45, 2.75) is 12.5 Å². The number of aliphatic hydroxyl groups excluding tert-OH is 1. The van der Waals surface area contributed by atoms with Gasteiger partial charge in [-0.15, -0.1) is 0 Å². The molecular formula is C18H21BrClNO3. The third-order valence-electron chi connectivity index (χ3n) is 3.71. The molecule has 0 unspecified atom stereocenters. The maximum atomic E-state index is 10.2. The van der Waals surface area contributed by atoms with E-state index in [1.807, 2.05) is 36.4 Å². The summed E-state index contributed by atoms with van der Waals surface area (Å²) in [4.78, 5) is 0. The van der Waals surface area contributed by atoms with Crippen molar-refractivity contribution in [1.82, 2.24) is 5.32 Å². The van der Waals surface area contributed by atoms with E-state index in [2.05, 4.69) is 21.2 Å². The first-order valence-corrected chi connectivity index (χ1v) is 8.77. The number of halogens is 2. The van der Waals surface area contributed by atoms with Gasteiger partial charge in [-0.3, -0.25) is 0 Å². The minimum absolute atomic E-state index is 0.474. The minimum Gasteiger partial charge on any atom is -0.493 e. The van der Waals surface area contributed by atoms with Gasteiger partial charge in [-0.1, -0.05) is 45.7 Å². The molecule has 130 valence electrons. The van der Waals surface area contributed by atoms with Crippen LogP contribution in [0, 0.1) is 0 Å². The number of nitrogens with one attached hydrogen (secondary N) is 1. The molecule has 0 aromatic heterocycles. The molecule has 0 saturated carbocycles. The number of rotatable bonds is 8. The van der Waals surface area contributed by atoms with Crippen LogP contribution in [0.3, 0.4) is 0 Å². The number of aliphatic hydroxyl groups is 1. The fraction of sp³-hybridized carbons (Fsp3) is 0.333. The first kappa shape index (κ1) is 19.1. The van der Waals surface area contributed by atoms with Crippen LogP contribution in [0.4, 0.5) is 0 Å². The van der Waals surface area contributed by atoms with Gasteiger partial charge in [0.1, 0.15) is 0 Å². The first-order chi connectivity index (χ1) is 11.6. The zero-order chi connectivity index (χ0) is 17.5. The molecule has 2 N–H and O–H groups in total. The van der Waals surface area contributed by atoms with Crippen molar-refractivity contribution in [2.24, 2.45) is 0 Å². The van der Waals surface area contributed by atoms with Crippen LogP contribution >= 0.6 is 27.5 Å². The second kappa shape index (κ2) is 9.28. The molecule has 6 heteroatoms. The van der Waals surface area contributed by atoms with Crippen LogP contribution in [0.2, 0.25) is 5.02 Å². The fourth-order valence-electron chi connectivity index (χ4n) is 2.42. The summed E-state index contributed by atoms with van der Waals surface area (Å²) in [6.45, 7) is 1.17. The highest BCUT2D eigenvalue weighted by Crippen LogP contribution is 2.37. The van der Waals surface area contributed by atoms with Crippen LogP contribution in [0.15, 0.2) is 40.9 Å². The van der Waals surface area contributed by atoms with Crippen molar-refractivity contribution in [3.63, 3.8) is 0 Å². The van der Waals surface area contributed by atoms with Crippen LogP contribution < -0.4 is 14.8 Å². The second-order valence-electron chi connectivity index (χ2n) is 5.30. The van der Waals surface area contributed by atoms with E-state index in [1.54, 1.807) is 14.2 Å². The lowest BCUT2D eigenvalue weighted by Gasteiger charge is -2.14. The van der Waals surface area contributed by atoms with Crippen molar-refractivity contribution in [1.29, 1.82) is 0 Å². The molecule has 0 radical (unpaired) electrons.